The molecule has 0 amide bonds. The number of hydrogen-bond donors (Lipinski definition) is 0. The molecule has 0 spiro atoms. The van der Waals surface area contributed by atoms with E-state index in [0.29, 0.717) is 5.82 Å². The average Bonchev–Trinajstić information content (AvgIpc) is 3.79. The molecule has 5 heteroatoms. The SMILES string of the molecule is c1ccc(-c2cc(-c3cccc(-n4c5cc(-c6ccc7c8ccccc8n(-c8ccccc8)c7c6)ccc5c5cccnc54)c3)nc(-c3ccccc3)n2)cc1. The Morgan fingerprint density at radius 2 is 0.875 bits per heavy atom. The fraction of sp³-hybridized carbons (Fsp3) is 0. The lowest BCUT2D eigenvalue weighted by atomic mass is 10.0. The maximum atomic E-state index is 5.13. The van der Waals surface area contributed by atoms with Crippen molar-refractivity contribution in [3.63, 3.8) is 0 Å². The van der Waals surface area contributed by atoms with Crippen LogP contribution in [-0.2, 0) is 0 Å². The normalized spacial score (nSPS) is 11.6. The molecule has 0 radical (unpaired) electrons. The molecule has 4 heterocycles. The quantitative estimate of drug-likeness (QED) is 0.172. The molecule has 0 atom stereocenters. The first-order chi connectivity index (χ1) is 27.8. The van der Waals surface area contributed by atoms with Crippen LogP contribution < -0.4 is 0 Å². The first kappa shape index (κ1) is 31.9. The number of hydrogen-bond acceptors (Lipinski definition) is 3. The van der Waals surface area contributed by atoms with E-state index in [1.807, 2.05) is 48.7 Å². The lowest BCUT2D eigenvalue weighted by molar-refractivity contribution is 1.13. The third-order valence-corrected chi connectivity index (χ3v) is 10.8. The van der Waals surface area contributed by atoms with Crippen LogP contribution in [0.25, 0.3) is 100 Å². The third-order valence-electron chi connectivity index (χ3n) is 10.8. The molecule has 0 aliphatic rings. The van der Waals surface area contributed by atoms with Crippen LogP contribution in [-0.4, -0.2) is 24.1 Å². The Bertz CT molecular complexity index is 3180. The summed E-state index contributed by atoms with van der Waals surface area (Å²) in [4.78, 5) is 15.1. The van der Waals surface area contributed by atoms with Crippen LogP contribution in [0.15, 0.2) is 200 Å². The van der Waals surface area contributed by atoms with Crippen molar-refractivity contribution in [2.24, 2.45) is 0 Å². The molecule has 11 aromatic rings. The summed E-state index contributed by atoms with van der Waals surface area (Å²) in [6.45, 7) is 0. The van der Waals surface area contributed by atoms with Gasteiger partial charge >= 0.3 is 0 Å². The number of pyridine rings is 1. The van der Waals surface area contributed by atoms with Crippen LogP contribution in [0, 0.1) is 0 Å². The Morgan fingerprint density at radius 1 is 0.321 bits per heavy atom. The largest absolute Gasteiger partial charge is 0.309 e. The molecule has 0 saturated heterocycles. The van der Waals surface area contributed by atoms with Crippen molar-refractivity contribution in [3.8, 4) is 56.4 Å². The van der Waals surface area contributed by atoms with Gasteiger partial charge in [-0.1, -0.05) is 133 Å². The minimum atomic E-state index is 0.693. The molecule has 7 aromatic carbocycles. The minimum absolute atomic E-state index is 0.693. The highest BCUT2D eigenvalue weighted by Crippen LogP contribution is 2.38. The number of rotatable bonds is 6. The highest BCUT2D eigenvalue weighted by Gasteiger charge is 2.18. The topological polar surface area (TPSA) is 48.5 Å². The highest BCUT2D eigenvalue weighted by molar-refractivity contribution is 6.11. The van der Waals surface area contributed by atoms with Gasteiger partial charge in [0.1, 0.15) is 5.65 Å². The highest BCUT2D eigenvalue weighted by atomic mass is 15.0. The van der Waals surface area contributed by atoms with E-state index in [1.165, 1.54) is 21.8 Å². The van der Waals surface area contributed by atoms with Crippen molar-refractivity contribution in [1.82, 2.24) is 24.1 Å². The summed E-state index contributed by atoms with van der Waals surface area (Å²) in [6, 6.07) is 68.3. The fourth-order valence-corrected chi connectivity index (χ4v) is 8.16. The third kappa shape index (κ3) is 5.29. The number of fused-ring (bicyclic) bond motifs is 6. The van der Waals surface area contributed by atoms with E-state index in [4.69, 9.17) is 15.0 Å². The molecule has 0 aliphatic carbocycles. The number of benzene rings is 7. The molecule has 262 valence electrons. The van der Waals surface area contributed by atoms with Gasteiger partial charge < -0.3 is 4.57 Å². The molecule has 0 saturated carbocycles. The molecular formula is C51H33N5. The molecule has 0 aliphatic heterocycles. The second-order valence-electron chi connectivity index (χ2n) is 14.1. The van der Waals surface area contributed by atoms with Crippen LogP contribution in [0.5, 0.6) is 0 Å². The van der Waals surface area contributed by atoms with Gasteiger partial charge in [0.15, 0.2) is 5.82 Å². The van der Waals surface area contributed by atoms with Gasteiger partial charge in [0.05, 0.1) is 27.9 Å². The second-order valence-corrected chi connectivity index (χ2v) is 14.1. The zero-order chi connectivity index (χ0) is 37.0. The smallest absolute Gasteiger partial charge is 0.160 e. The first-order valence-corrected chi connectivity index (χ1v) is 18.9. The van der Waals surface area contributed by atoms with Crippen LogP contribution in [0.1, 0.15) is 0 Å². The first-order valence-electron chi connectivity index (χ1n) is 18.9. The Balaban J connectivity index is 1.08. The summed E-state index contributed by atoms with van der Waals surface area (Å²) < 4.78 is 4.66. The van der Waals surface area contributed by atoms with Gasteiger partial charge in [0, 0.05) is 55.8 Å². The maximum Gasteiger partial charge on any atom is 0.160 e. The molecular weight excluding hydrogens is 683 g/mol. The Kier molecular flexibility index (Phi) is 7.42. The fourth-order valence-electron chi connectivity index (χ4n) is 8.16. The van der Waals surface area contributed by atoms with Gasteiger partial charge in [-0.05, 0) is 71.8 Å². The van der Waals surface area contributed by atoms with Crippen molar-refractivity contribution in [1.29, 1.82) is 0 Å². The molecule has 0 unspecified atom stereocenters. The molecule has 5 nitrogen and oxygen atoms in total. The standard InChI is InChI=1S/C51H33N5/c1-4-14-34(15-5-1)45-33-46(54-50(53-45)35-16-6-2-7-17-35)38-18-12-21-40(30-38)56-49-32-37(26-28-43(49)44-23-13-29-52-51(44)56)36-25-27-42-41-22-10-11-24-47(41)55(48(42)31-36)39-19-8-3-9-20-39/h1-33H. The summed E-state index contributed by atoms with van der Waals surface area (Å²) in [5.74, 6) is 0.693. The molecule has 0 fully saturated rings. The molecule has 0 N–H and O–H groups in total. The summed E-state index contributed by atoms with van der Waals surface area (Å²) in [6.07, 6.45) is 1.88. The van der Waals surface area contributed by atoms with Gasteiger partial charge in [-0.2, -0.15) is 0 Å². The van der Waals surface area contributed by atoms with Gasteiger partial charge in [-0.25, -0.2) is 15.0 Å². The average molecular weight is 716 g/mol. The van der Waals surface area contributed by atoms with Crippen LogP contribution in [0.3, 0.4) is 0 Å². The summed E-state index contributed by atoms with van der Waals surface area (Å²) in [5.41, 5.74) is 13.6. The minimum Gasteiger partial charge on any atom is -0.309 e. The van der Waals surface area contributed by atoms with Crippen LogP contribution in [0.2, 0.25) is 0 Å². The van der Waals surface area contributed by atoms with E-state index < -0.39 is 0 Å². The van der Waals surface area contributed by atoms with Crippen molar-refractivity contribution in [3.05, 3.63) is 200 Å². The van der Waals surface area contributed by atoms with E-state index in [1.54, 1.807) is 0 Å². The zero-order valence-corrected chi connectivity index (χ0v) is 30.3. The van der Waals surface area contributed by atoms with Gasteiger partial charge in [-0.15, -0.1) is 0 Å². The van der Waals surface area contributed by atoms with Crippen molar-refractivity contribution < 1.29 is 0 Å². The maximum absolute atomic E-state index is 5.13. The van der Waals surface area contributed by atoms with Crippen LogP contribution in [0.4, 0.5) is 0 Å². The lowest BCUT2D eigenvalue weighted by Gasteiger charge is -2.12. The van der Waals surface area contributed by atoms with E-state index in [9.17, 15) is 0 Å². The van der Waals surface area contributed by atoms with Gasteiger partial charge in [0.2, 0.25) is 0 Å². The molecule has 4 aromatic heterocycles. The Morgan fingerprint density at radius 3 is 1.62 bits per heavy atom. The monoisotopic (exact) mass is 715 g/mol. The summed E-state index contributed by atoms with van der Waals surface area (Å²) >= 11 is 0. The van der Waals surface area contributed by atoms with E-state index in [0.717, 1.165) is 72.5 Å². The van der Waals surface area contributed by atoms with Crippen molar-refractivity contribution >= 4 is 43.7 Å². The predicted octanol–water partition coefficient (Wildman–Crippen LogP) is 12.7. The summed E-state index contributed by atoms with van der Waals surface area (Å²) in [7, 11) is 0. The Labute approximate surface area is 323 Å². The molecule has 0 bridgehead atoms. The predicted molar refractivity (Wildman–Crippen MR) is 230 cm³/mol. The van der Waals surface area contributed by atoms with Crippen molar-refractivity contribution in [2.75, 3.05) is 0 Å². The van der Waals surface area contributed by atoms with Gasteiger partial charge in [-0.3, -0.25) is 4.57 Å². The lowest BCUT2D eigenvalue weighted by Crippen LogP contribution is -1.98. The summed E-state index contributed by atoms with van der Waals surface area (Å²) in [5, 5.41) is 4.75. The van der Waals surface area contributed by atoms with E-state index in [-0.39, 0.29) is 0 Å². The number of aromatic nitrogens is 5. The second kappa shape index (κ2) is 13.0. The number of nitrogens with zero attached hydrogens (tertiary/aromatic N) is 5. The number of para-hydroxylation sites is 2. The van der Waals surface area contributed by atoms with Crippen LogP contribution >= 0.6 is 0 Å². The van der Waals surface area contributed by atoms with Crippen molar-refractivity contribution in [2.45, 2.75) is 0 Å². The Hall–Kier alpha value is -7.63. The van der Waals surface area contributed by atoms with E-state index in [2.05, 4.69) is 161 Å². The molecule has 11 rings (SSSR count). The van der Waals surface area contributed by atoms with E-state index >= 15 is 0 Å². The van der Waals surface area contributed by atoms with Gasteiger partial charge in [0.25, 0.3) is 0 Å². The molecule has 56 heavy (non-hydrogen) atoms. The zero-order valence-electron chi connectivity index (χ0n) is 30.3.